The van der Waals surface area contributed by atoms with Gasteiger partial charge in [0.25, 0.3) is 5.91 Å². The summed E-state index contributed by atoms with van der Waals surface area (Å²) in [6, 6.07) is 16.9. The van der Waals surface area contributed by atoms with Crippen molar-refractivity contribution in [2.75, 3.05) is 25.6 Å². The van der Waals surface area contributed by atoms with Crippen molar-refractivity contribution in [1.82, 2.24) is 10.2 Å². The number of nitrogens with one attached hydrogen (secondary N) is 2. The number of halogens is 2. The molecule has 9 nitrogen and oxygen atoms in total. The molecule has 1 heterocycles. The van der Waals surface area contributed by atoms with Crippen molar-refractivity contribution in [3.63, 3.8) is 0 Å². The van der Waals surface area contributed by atoms with Crippen molar-refractivity contribution in [2.45, 2.75) is 13.5 Å². The minimum absolute atomic E-state index is 0.0178. The van der Waals surface area contributed by atoms with E-state index in [2.05, 4.69) is 26.6 Å². The molecule has 0 atom stereocenters. The fraction of sp³-hybridized carbons (Fsp3) is 0.179. The Balaban J connectivity index is 1.50. The number of methoxy groups -OCH3 is 1. The van der Waals surface area contributed by atoms with Crippen LogP contribution < -0.4 is 24.8 Å². The standard InChI is InChI=1S/C28H25BrClN3O6/c1-3-38-24-14-17(12-19(29)26(24)39-16-18-8-4-5-9-20(18)30)13-22-27(35)33(28(36)32-22)15-25(34)31-21-10-6-7-11-23(21)37-2/h4-14H,3,15-16H2,1-2H3,(H,31,34)(H,32,36)/b22-13+. The SMILES string of the molecule is CCOc1cc(/C=C2/NC(=O)N(CC(=O)Nc3ccccc3OC)C2=O)cc(Br)c1OCc1ccccc1Cl. The first-order chi connectivity index (χ1) is 18.8. The summed E-state index contributed by atoms with van der Waals surface area (Å²) in [4.78, 5) is 38.9. The fourth-order valence-electron chi connectivity index (χ4n) is 3.80. The summed E-state index contributed by atoms with van der Waals surface area (Å²) in [6.07, 6.45) is 1.50. The number of urea groups is 1. The largest absolute Gasteiger partial charge is 0.495 e. The Morgan fingerprint density at radius 1 is 1.08 bits per heavy atom. The van der Waals surface area contributed by atoms with Gasteiger partial charge in [-0.15, -0.1) is 0 Å². The van der Waals surface area contributed by atoms with E-state index in [1.807, 2.05) is 25.1 Å². The van der Waals surface area contributed by atoms with E-state index in [1.165, 1.54) is 13.2 Å². The van der Waals surface area contributed by atoms with Crippen LogP contribution in [-0.2, 0) is 16.2 Å². The lowest BCUT2D eigenvalue weighted by molar-refractivity contribution is -0.127. The molecular formula is C28H25BrClN3O6. The Morgan fingerprint density at radius 2 is 1.82 bits per heavy atom. The topological polar surface area (TPSA) is 106 Å². The number of imide groups is 1. The highest BCUT2D eigenvalue weighted by atomic mass is 79.9. The Labute approximate surface area is 238 Å². The molecule has 0 radical (unpaired) electrons. The number of benzene rings is 3. The lowest BCUT2D eigenvalue weighted by atomic mass is 10.1. The van der Waals surface area contributed by atoms with Gasteiger partial charge in [-0.1, -0.05) is 41.9 Å². The normalized spacial score (nSPS) is 13.8. The molecule has 0 unspecified atom stereocenters. The Morgan fingerprint density at radius 3 is 2.56 bits per heavy atom. The van der Waals surface area contributed by atoms with E-state index in [0.29, 0.717) is 44.6 Å². The molecule has 0 aromatic heterocycles. The molecule has 4 rings (SSSR count). The third-order valence-corrected chi connectivity index (χ3v) is 6.58. The van der Waals surface area contributed by atoms with Crippen LogP contribution in [0.5, 0.6) is 17.2 Å². The zero-order chi connectivity index (χ0) is 27.9. The predicted octanol–water partition coefficient (Wildman–Crippen LogP) is 5.62. The Kier molecular flexibility index (Phi) is 9.11. The quantitative estimate of drug-likeness (QED) is 0.227. The van der Waals surface area contributed by atoms with Gasteiger partial charge in [0.2, 0.25) is 5.91 Å². The van der Waals surface area contributed by atoms with Crippen LogP contribution in [0.3, 0.4) is 0 Å². The van der Waals surface area contributed by atoms with Crippen molar-refractivity contribution in [3.8, 4) is 17.2 Å². The molecule has 1 fully saturated rings. The third-order valence-electron chi connectivity index (χ3n) is 5.62. The van der Waals surface area contributed by atoms with E-state index < -0.39 is 24.4 Å². The first-order valence-corrected chi connectivity index (χ1v) is 13.1. The van der Waals surface area contributed by atoms with Crippen LogP contribution in [0.25, 0.3) is 6.08 Å². The van der Waals surface area contributed by atoms with Crippen LogP contribution in [0.2, 0.25) is 5.02 Å². The molecule has 1 aliphatic heterocycles. The highest BCUT2D eigenvalue weighted by Gasteiger charge is 2.35. The molecule has 0 saturated carbocycles. The number of ether oxygens (including phenoxy) is 3. The number of carbonyl (C=O) groups is 3. The zero-order valence-corrected chi connectivity index (χ0v) is 23.5. The molecule has 0 bridgehead atoms. The summed E-state index contributed by atoms with van der Waals surface area (Å²) in [5.41, 5.74) is 1.83. The summed E-state index contributed by atoms with van der Waals surface area (Å²) in [5, 5.41) is 5.77. The molecule has 11 heteroatoms. The molecule has 1 saturated heterocycles. The van der Waals surface area contributed by atoms with Gasteiger partial charge in [-0.3, -0.25) is 9.59 Å². The number of para-hydroxylation sites is 2. The van der Waals surface area contributed by atoms with Crippen LogP contribution >= 0.6 is 27.5 Å². The molecule has 4 amide bonds. The molecule has 0 aliphatic carbocycles. The highest BCUT2D eigenvalue weighted by molar-refractivity contribution is 9.10. The number of amides is 4. The van der Waals surface area contributed by atoms with E-state index in [1.54, 1.807) is 42.5 Å². The van der Waals surface area contributed by atoms with Crippen molar-refractivity contribution in [1.29, 1.82) is 0 Å². The summed E-state index contributed by atoms with van der Waals surface area (Å²) >= 11 is 9.75. The molecule has 0 spiro atoms. The maximum atomic E-state index is 13.0. The minimum atomic E-state index is -0.704. The second kappa shape index (κ2) is 12.7. The fourth-order valence-corrected chi connectivity index (χ4v) is 4.57. The molecular weight excluding hydrogens is 590 g/mol. The highest BCUT2D eigenvalue weighted by Crippen LogP contribution is 2.38. The van der Waals surface area contributed by atoms with Crippen molar-refractivity contribution >= 4 is 57.1 Å². The molecule has 202 valence electrons. The monoisotopic (exact) mass is 613 g/mol. The molecule has 3 aromatic carbocycles. The van der Waals surface area contributed by atoms with Gasteiger partial charge in [-0.2, -0.15) is 0 Å². The number of rotatable bonds is 10. The van der Waals surface area contributed by atoms with Crippen LogP contribution in [0, 0.1) is 0 Å². The van der Waals surface area contributed by atoms with Gasteiger partial charge < -0.3 is 24.8 Å². The molecule has 39 heavy (non-hydrogen) atoms. The van der Waals surface area contributed by atoms with Gasteiger partial charge in [-0.25, -0.2) is 9.69 Å². The average Bonchev–Trinajstić information content (AvgIpc) is 3.16. The first-order valence-electron chi connectivity index (χ1n) is 11.9. The summed E-state index contributed by atoms with van der Waals surface area (Å²) < 4.78 is 17.6. The minimum Gasteiger partial charge on any atom is -0.495 e. The Bertz CT molecular complexity index is 1440. The molecule has 3 aromatic rings. The first kappa shape index (κ1) is 28.0. The number of anilines is 1. The lowest BCUT2D eigenvalue weighted by Crippen LogP contribution is -2.38. The van der Waals surface area contributed by atoms with E-state index in [9.17, 15) is 14.4 Å². The predicted molar refractivity (Wildman–Crippen MR) is 151 cm³/mol. The van der Waals surface area contributed by atoms with E-state index in [4.69, 9.17) is 25.8 Å². The van der Waals surface area contributed by atoms with Gasteiger partial charge in [0.05, 0.1) is 23.9 Å². The number of carbonyl (C=O) groups excluding carboxylic acids is 3. The zero-order valence-electron chi connectivity index (χ0n) is 21.1. The van der Waals surface area contributed by atoms with Gasteiger partial charge in [-0.05, 0) is 64.8 Å². The van der Waals surface area contributed by atoms with Crippen molar-refractivity contribution in [2.24, 2.45) is 0 Å². The van der Waals surface area contributed by atoms with Crippen molar-refractivity contribution < 1.29 is 28.6 Å². The van der Waals surface area contributed by atoms with Crippen molar-refractivity contribution in [3.05, 3.63) is 87.0 Å². The number of nitrogens with zero attached hydrogens (tertiary/aromatic N) is 1. The number of hydrogen-bond donors (Lipinski definition) is 2. The second-order valence-electron chi connectivity index (χ2n) is 8.27. The summed E-state index contributed by atoms with van der Waals surface area (Å²) in [5.74, 6) is 0.179. The van der Waals surface area contributed by atoms with E-state index in [0.717, 1.165) is 10.5 Å². The lowest BCUT2D eigenvalue weighted by Gasteiger charge is -2.15. The van der Waals surface area contributed by atoms with Crippen LogP contribution in [0.1, 0.15) is 18.1 Å². The maximum Gasteiger partial charge on any atom is 0.329 e. The number of hydrogen-bond acceptors (Lipinski definition) is 6. The summed E-state index contributed by atoms with van der Waals surface area (Å²) in [7, 11) is 1.48. The maximum absolute atomic E-state index is 13.0. The smallest absolute Gasteiger partial charge is 0.329 e. The average molecular weight is 615 g/mol. The molecule has 1 aliphatic rings. The van der Waals surface area contributed by atoms with E-state index in [-0.39, 0.29) is 12.3 Å². The van der Waals surface area contributed by atoms with Gasteiger partial charge >= 0.3 is 6.03 Å². The second-order valence-corrected chi connectivity index (χ2v) is 9.53. The van der Waals surface area contributed by atoms with Gasteiger partial charge in [0.15, 0.2) is 11.5 Å². The van der Waals surface area contributed by atoms with Gasteiger partial charge in [0, 0.05) is 10.6 Å². The van der Waals surface area contributed by atoms with Gasteiger partial charge in [0.1, 0.15) is 24.6 Å². The summed E-state index contributed by atoms with van der Waals surface area (Å²) in [6.45, 7) is 1.97. The van der Waals surface area contributed by atoms with E-state index >= 15 is 0 Å². The molecule has 2 N–H and O–H groups in total. The van der Waals surface area contributed by atoms with Crippen LogP contribution in [0.15, 0.2) is 70.8 Å². The Hall–Kier alpha value is -4.02. The third kappa shape index (κ3) is 6.71. The van der Waals surface area contributed by atoms with Crippen LogP contribution in [0.4, 0.5) is 10.5 Å². The van der Waals surface area contributed by atoms with Crippen LogP contribution in [-0.4, -0.2) is 43.0 Å².